The number of benzene rings is 4. The van der Waals surface area contributed by atoms with Gasteiger partial charge in [0.15, 0.2) is 0 Å². The first-order valence-corrected chi connectivity index (χ1v) is 8.07. The van der Waals surface area contributed by atoms with Crippen molar-refractivity contribution in [1.29, 1.82) is 0 Å². The smallest absolute Gasteiger partial charge is 0.0240 e. The molecule has 5 aromatic rings. The first-order chi connectivity index (χ1) is 11.9. The van der Waals surface area contributed by atoms with Crippen molar-refractivity contribution in [2.75, 3.05) is 0 Å². The molecular weight excluding hydrogens is 482 g/mol. The minimum Gasteiger partial charge on any atom is -0.303 e. The predicted octanol–water partition coefficient (Wildman–Crippen LogP) is 6.01. The summed E-state index contributed by atoms with van der Waals surface area (Å²) in [7, 11) is 0. The Morgan fingerprint density at radius 3 is 2.40 bits per heavy atom. The van der Waals surface area contributed by atoms with Crippen LogP contribution >= 0.6 is 0 Å². The Morgan fingerprint density at radius 1 is 0.680 bits per heavy atom. The summed E-state index contributed by atoms with van der Waals surface area (Å²) in [6, 6.07) is 30.8. The molecule has 0 N–H and O–H groups in total. The number of pyridine rings is 1. The molecule has 1 radical (unpaired) electrons. The molecule has 1 heterocycles. The maximum atomic E-state index is 4.74. The summed E-state index contributed by atoms with van der Waals surface area (Å²) in [6.45, 7) is 0. The van der Waals surface area contributed by atoms with E-state index in [1.54, 1.807) is 0 Å². The molecule has 5 rings (SSSR count). The van der Waals surface area contributed by atoms with E-state index in [9.17, 15) is 0 Å². The van der Waals surface area contributed by atoms with Gasteiger partial charge in [-0.2, -0.15) is 0 Å². The van der Waals surface area contributed by atoms with Gasteiger partial charge in [0.2, 0.25) is 0 Å². The van der Waals surface area contributed by atoms with Gasteiger partial charge in [-0.3, -0.25) is 0 Å². The monoisotopic (exact) mass is 497 g/mol. The second-order valence-corrected chi connectivity index (χ2v) is 6.02. The van der Waals surface area contributed by atoms with Gasteiger partial charge in [0.05, 0.1) is 0 Å². The molecule has 0 unspecified atom stereocenters. The molecule has 4 aromatic carbocycles. The van der Waals surface area contributed by atoms with Crippen LogP contribution in [0.15, 0.2) is 85.1 Å². The van der Waals surface area contributed by atoms with Crippen molar-refractivity contribution in [3.8, 4) is 11.1 Å². The number of nitrogens with zero attached hydrogens (tertiary/aromatic N) is 1. The van der Waals surface area contributed by atoms with Crippen molar-refractivity contribution in [2.45, 2.75) is 0 Å². The summed E-state index contributed by atoms with van der Waals surface area (Å²) in [6.07, 6.45) is 1.98. The van der Waals surface area contributed by atoms with Crippen LogP contribution in [0.25, 0.3) is 43.6 Å². The minimum atomic E-state index is 0. The number of rotatable bonds is 1. The van der Waals surface area contributed by atoms with Crippen molar-refractivity contribution in [3.63, 3.8) is 0 Å². The van der Waals surface area contributed by atoms with Crippen LogP contribution < -0.4 is 0 Å². The zero-order valence-corrected chi connectivity index (χ0v) is 15.8. The third-order valence-electron chi connectivity index (χ3n) is 4.59. The largest absolute Gasteiger partial charge is 0.303 e. The molecule has 0 aliphatic rings. The Morgan fingerprint density at radius 2 is 1.52 bits per heavy atom. The number of hydrogen-bond donors (Lipinski definition) is 0. The number of fused-ring (bicyclic) bond motifs is 5. The van der Waals surface area contributed by atoms with Gasteiger partial charge in [-0.05, 0) is 38.9 Å². The van der Waals surface area contributed by atoms with Gasteiger partial charge in [-0.15, -0.1) is 35.0 Å². The van der Waals surface area contributed by atoms with E-state index in [1.165, 1.54) is 32.7 Å². The van der Waals surface area contributed by atoms with Crippen LogP contribution in [-0.4, -0.2) is 4.98 Å². The Balaban J connectivity index is 0.00000157. The molecule has 0 aliphatic heterocycles. The van der Waals surface area contributed by atoms with E-state index in [0.29, 0.717) is 0 Å². The molecule has 25 heavy (non-hydrogen) atoms. The first kappa shape index (κ1) is 16.0. The summed E-state index contributed by atoms with van der Waals surface area (Å²) in [4.78, 5) is 4.74. The number of hydrogen-bond acceptors (Lipinski definition) is 1. The standard InChI is InChI=1S/C23H14N.Ir/c1-2-6-16(7-3-1)18-11-12-20-19(14-18)15-24-23-21-9-5-4-8-17(21)10-13-22(20)23;/h1-8,10-15H;/q-1;. The molecule has 0 saturated carbocycles. The van der Waals surface area contributed by atoms with Crippen LogP contribution in [0.5, 0.6) is 0 Å². The van der Waals surface area contributed by atoms with Gasteiger partial charge in [-0.25, -0.2) is 0 Å². The fourth-order valence-corrected chi connectivity index (χ4v) is 3.39. The maximum absolute atomic E-state index is 4.74. The molecule has 0 bridgehead atoms. The van der Waals surface area contributed by atoms with Gasteiger partial charge in [0.1, 0.15) is 0 Å². The molecule has 0 amide bonds. The molecule has 1 aromatic heterocycles. The Bertz CT molecular complexity index is 1200. The molecule has 121 valence electrons. The number of aromatic nitrogens is 1. The molecule has 2 heteroatoms. The van der Waals surface area contributed by atoms with Gasteiger partial charge in [-0.1, -0.05) is 54.6 Å². The van der Waals surface area contributed by atoms with Gasteiger partial charge in [0.25, 0.3) is 0 Å². The normalized spacial score (nSPS) is 10.9. The summed E-state index contributed by atoms with van der Waals surface area (Å²) in [5.74, 6) is 0. The second kappa shape index (κ2) is 6.40. The summed E-state index contributed by atoms with van der Waals surface area (Å²) < 4.78 is 0. The van der Waals surface area contributed by atoms with E-state index in [1.807, 2.05) is 24.4 Å². The van der Waals surface area contributed by atoms with E-state index in [4.69, 9.17) is 4.98 Å². The first-order valence-electron chi connectivity index (χ1n) is 8.07. The van der Waals surface area contributed by atoms with Gasteiger partial charge in [0, 0.05) is 26.3 Å². The zero-order valence-electron chi connectivity index (χ0n) is 13.4. The van der Waals surface area contributed by atoms with E-state index in [0.717, 1.165) is 10.9 Å². The molecule has 0 aliphatic carbocycles. The fraction of sp³-hybridized carbons (Fsp3) is 0. The summed E-state index contributed by atoms with van der Waals surface area (Å²) in [5.41, 5.74) is 3.47. The second-order valence-electron chi connectivity index (χ2n) is 6.02. The van der Waals surface area contributed by atoms with E-state index >= 15 is 0 Å². The molecule has 0 atom stereocenters. The molecular formula is C23H14IrN-. The minimum absolute atomic E-state index is 0. The van der Waals surface area contributed by atoms with Crippen molar-refractivity contribution in [3.05, 3.63) is 91.1 Å². The van der Waals surface area contributed by atoms with Crippen LogP contribution in [0.4, 0.5) is 0 Å². The van der Waals surface area contributed by atoms with E-state index in [2.05, 4.69) is 66.7 Å². The topological polar surface area (TPSA) is 12.9 Å². The Hall–Kier alpha value is -2.54. The Labute approximate surface area is 159 Å². The van der Waals surface area contributed by atoms with Crippen LogP contribution in [0, 0.1) is 6.07 Å². The van der Waals surface area contributed by atoms with Crippen molar-refractivity contribution >= 4 is 32.4 Å². The zero-order chi connectivity index (χ0) is 15.9. The van der Waals surface area contributed by atoms with E-state index in [-0.39, 0.29) is 20.1 Å². The fourth-order valence-electron chi connectivity index (χ4n) is 3.39. The van der Waals surface area contributed by atoms with Crippen molar-refractivity contribution < 1.29 is 20.1 Å². The van der Waals surface area contributed by atoms with Crippen molar-refractivity contribution in [2.24, 2.45) is 0 Å². The predicted molar refractivity (Wildman–Crippen MR) is 101 cm³/mol. The summed E-state index contributed by atoms with van der Waals surface area (Å²) in [5, 5.41) is 5.85. The SMILES string of the molecule is [Ir].[c-]1cccc2ccc3c4ccc(-c5ccccc5)cc4cnc3c12. The quantitative estimate of drug-likeness (QED) is 0.205. The third kappa shape index (κ3) is 2.64. The third-order valence-corrected chi connectivity index (χ3v) is 4.59. The molecule has 1 nitrogen and oxygen atoms in total. The maximum Gasteiger partial charge on any atom is 0.0240 e. The van der Waals surface area contributed by atoms with Crippen LogP contribution in [0.2, 0.25) is 0 Å². The summed E-state index contributed by atoms with van der Waals surface area (Å²) >= 11 is 0. The van der Waals surface area contributed by atoms with Crippen LogP contribution in [0.1, 0.15) is 0 Å². The Kier molecular flexibility index (Phi) is 4.09. The molecule has 0 fully saturated rings. The van der Waals surface area contributed by atoms with Crippen LogP contribution in [-0.2, 0) is 20.1 Å². The van der Waals surface area contributed by atoms with Gasteiger partial charge < -0.3 is 4.98 Å². The van der Waals surface area contributed by atoms with Crippen LogP contribution in [0.3, 0.4) is 0 Å². The molecule has 0 saturated heterocycles. The van der Waals surface area contributed by atoms with E-state index < -0.39 is 0 Å². The van der Waals surface area contributed by atoms with Gasteiger partial charge >= 0.3 is 0 Å². The average molecular weight is 497 g/mol. The average Bonchev–Trinajstić information content (AvgIpc) is 2.67. The van der Waals surface area contributed by atoms with Crippen molar-refractivity contribution in [1.82, 2.24) is 4.98 Å². The molecule has 0 spiro atoms.